The molecule has 0 aliphatic rings. The highest BCUT2D eigenvalue weighted by Gasteiger charge is 2.22. The van der Waals surface area contributed by atoms with E-state index in [0.29, 0.717) is 35.1 Å². The Hall–Kier alpha value is -2.84. The third-order valence-electron chi connectivity index (χ3n) is 5.28. The summed E-state index contributed by atoms with van der Waals surface area (Å²) in [6, 6.07) is 16.8. The van der Waals surface area contributed by atoms with Crippen molar-refractivity contribution in [2.75, 3.05) is 13.2 Å². The number of fused-ring (bicyclic) bond motifs is 2. The summed E-state index contributed by atoms with van der Waals surface area (Å²) in [6.45, 7) is -0.630. The Morgan fingerprint density at radius 3 is 2.32 bits per heavy atom. The minimum atomic E-state index is -1.05. The molecule has 160 valence electrons. The van der Waals surface area contributed by atoms with E-state index >= 15 is 0 Å². The van der Waals surface area contributed by atoms with Gasteiger partial charge < -0.3 is 20.7 Å². The molecule has 0 fully saturated rings. The van der Waals surface area contributed by atoms with Crippen LogP contribution in [0.15, 0.2) is 65.5 Å². The van der Waals surface area contributed by atoms with Gasteiger partial charge in [0.05, 0.1) is 18.8 Å². The van der Waals surface area contributed by atoms with Gasteiger partial charge in [0.2, 0.25) is 0 Å². The second-order valence-corrected chi connectivity index (χ2v) is 8.74. The summed E-state index contributed by atoms with van der Waals surface area (Å²) >= 11 is 1.50. The highest BCUT2D eigenvalue weighted by molar-refractivity contribution is 7.24. The summed E-state index contributed by atoms with van der Waals surface area (Å²) in [7, 11) is 0. The Morgan fingerprint density at radius 1 is 0.935 bits per heavy atom. The molecule has 0 aliphatic heterocycles. The van der Waals surface area contributed by atoms with Crippen LogP contribution in [0.3, 0.4) is 0 Å². The maximum atomic E-state index is 13.4. The predicted octanol–water partition coefficient (Wildman–Crippen LogP) is 3.96. The van der Waals surface area contributed by atoms with Crippen molar-refractivity contribution in [3.05, 3.63) is 82.3 Å². The number of aliphatic hydroxyl groups excluding tert-OH is 2. The van der Waals surface area contributed by atoms with Crippen LogP contribution in [-0.2, 0) is 6.42 Å². The SMILES string of the molecule is NC(CO)(CO)CCc1ccc2sc3ccc(Oc4cccc(F)c4)cc3c(=O)c2c1. The van der Waals surface area contributed by atoms with Crippen LogP contribution in [0.2, 0.25) is 0 Å². The van der Waals surface area contributed by atoms with Crippen molar-refractivity contribution in [3.63, 3.8) is 0 Å². The van der Waals surface area contributed by atoms with Gasteiger partial charge in [-0.1, -0.05) is 12.1 Å². The number of nitrogens with two attached hydrogens (primary N) is 1. The molecule has 0 atom stereocenters. The van der Waals surface area contributed by atoms with E-state index in [2.05, 4.69) is 0 Å². The minimum absolute atomic E-state index is 0.112. The van der Waals surface area contributed by atoms with Gasteiger partial charge in [0.25, 0.3) is 0 Å². The second kappa shape index (κ2) is 8.72. The van der Waals surface area contributed by atoms with Crippen LogP contribution in [0.1, 0.15) is 12.0 Å². The molecule has 0 amide bonds. The summed E-state index contributed by atoms with van der Waals surface area (Å²) in [4.78, 5) is 13.2. The zero-order valence-corrected chi connectivity index (χ0v) is 17.5. The van der Waals surface area contributed by atoms with E-state index in [1.54, 1.807) is 24.3 Å². The van der Waals surface area contributed by atoms with Gasteiger partial charge in [0.1, 0.15) is 17.3 Å². The van der Waals surface area contributed by atoms with Gasteiger partial charge in [-0.3, -0.25) is 4.79 Å². The maximum absolute atomic E-state index is 13.4. The molecule has 4 N–H and O–H groups in total. The Balaban J connectivity index is 1.69. The number of aryl methyl sites for hydroxylation is 1. The summed E-state index contributed by atoms with van der Waals surface area (Å²) in [5.74, 6) is 0.417. The number of ether oxygens (including phenoxy) is 1. The summed E-state index contributed by atoms with van der Waals surface area (Å²) < 4.78 is 20.8. The van der Waals surface area contributed by atoms with E-state index in [9.17, 15) is 19.4 Å². The van der Waals surface area contributed by atoms with E-state index in [1.165, 1.54) is 23.5 Å². The lowest BCUT2D eigenvalue weighted by atomic mass is 9.93. The van der Waals surface area contributed by atoms with Gasteiger partial charge in [0.15, 0.2) is 5.43 Å². The molecular formula is C24H22FNO4S. The van der Waals surface area contributed by atoms with E-state index in [0.717, 1.165) is 15.0 Å². The highest BCUT2D eigenvalue weighted by atomic mass is 32.1. The van der Waals surface area contributed by atoms with Crippen LogP contribution >= 0.6 is 11.3 Å². The lowest BCUT2D eigenvalue weighted by Gasteiger charge is -2.24. The topological polar surface area (TPSA) is 92.8 Å². The van der Waals surface area contributed by atoms with Gasteiger partial charge in [-0.25, -0.2) is 4.39 Å². The maximum Gasteiger partial charge on any atom is 0.196 e. The lowest BCUT2D eigenvalue weighted by Crippen LogP contribution is -2.47. The molecule has 0 saturated heterocycles. The molecule has 0 bridgehead atoms. The Morgan fingerprint density at radius 2 is 1.61 bits per heavy atom. The molecule has 7 heteroatoms. The predicted molar refractivity (Wildman–Crippen MR) is 121 cm³/mol. The first-order valence-electron chi connectivity index (χ1n) is 9.84. The molecule has 1 aromatic heterocycles. The summed E-state index contributed by atoms with van der Waals surface area (Å²) in [5, 5.41) is 19.9. The van der Waals surface area contributed by atoms with Crippen molar-refractivity contribution in [2.45, 2.75) is 18.4 Å². The average Bonchev–Trinajstić information content (AvgIpc) is 2.78. The minimum Gasteiger partial charge on any atom is -0.457 e. The average molecular weight is 440 g/mol. The first kappa shape index (κ1) is 21.4. The number of hydrogen-bond donors (Lipinski definition) is 3. The molecule has 1 heterocycles. The molecule has 0 spiro atoms. The summed E-state index contributed by atoms with van der Waals surface area (Å²) in [5.41, 5.74) is 5.69. The van der Waals surface area contributed by atoms with Crippen LogP contribution in [-0.4, -0.2) is 29.0 Å². The molecule has 4 rings (SSSR count). The Kier molecular flexibility index (Phi) is 6.02. The molecule has 0 unspecified atom stereocenters. The van der Waals surface area contributed by atoms with Crippen molar-refractivity contribution >= 4 is 31.5 Å². The van der Waals surface area contributed by atoms with Crippen LogP contribution in [0.4, 0.5) is 4.39 Å². The fraction of sp³-hybridized carbons (Fsp3) is 0.208. The standard InChI is InChI=1S/C24H22FNO4S/c25-16-2-1-3-17(11-16)30-18-5-7-22-20(12-18)23(29)19-10-15(4-6-21(19)31-22)8-9-24(26,13-27)14-28/h1-7,10-12,27-28H,8-9,13-14,26H2. The normalized spacial score (nSPS) is 11.9. The van der Waals surface area contributed by atoms with Crippen molar-refractivity contribution in [2.24, 2.45) is 5.73 Å². The van der Waals surface area contributed by atoms with Crippen LogP contribution in [0, 0.1) is 5.82 Å². The summed E-state index contributed by atoms with van der Waals surface area (Å²) in [6.07, 6.45) is 0.917. The number of halogens is 1. The third kappa shape index (κ3) is 4.60. The fourth-order valence-electron chi connectivity index (χ4n) is 3.37. The fourth-order valence-corrected chi connectivity index (χ4v) is 4.40. The third-order valence-corrected chi connectivity index (χ3v) is 6.43. The van der Waals surface area contributed by atoms with Crippen molar-refractivity contribution < 1.29 is 19.3 Å². The van der Waals surface area contributed by atoms with Crippen molar-refractivity contribution in [3.8, 4) is 11.5 Å². The van der Waals surface area contributed by atoms with Crippen LogP contribution in [0.5, 0.6) is 11.5 Å². The second-order valence-electron chi connectivity index (χ2n) is 7.66. The zero-order valence-electron chi connectivity index (χ0n) is 16.7. The van der Waals surface area contributed by atoms with Gasteiger partial charge in [-0.05, 0) is 60.9 Å². The van der Waals surface area contributed by atoms with E-state index in [4.69, 9.17) is 10.5 Å². The number of benzene rings is 3. The van der Waals surface area contributed by atoms with Gasteiger partial charge in [-0.2, -0.15) is 0 Å². The number of hydrogen-bond acceptors (Lipinski definition) is 6. The highest BCUT2D eigenvalue weighted by Crippen LogP contribution is 2.30. The van der Waals surface area contributed by atoms with E-state index in [1.807, 2.05) is 24.3 Å². The molecule has 0 aliphatic carbocycles. The van der Waals surface area contributed by atoms with E-state index < -0.39 is 11.4 Å². The lowest BCUT2D eigenvalue weighted by molar-refractivity contribution is 0.115. The van der Waals surface area contributed by atoms with Crippen LogP contribution in [0.25, 0.3) is 20.2 Å². The van der Waals surface area contributed by atoms with Crippen LogP contribution < -0.4 is 15.9 Å². The first-order valence-corrected chi connectivity index (χ1v) is 10.7. The number of rotatable bonds is 7. The van der Waals surface area contributed by atoms with Gasteiger partial charge >= 0.3 is 0 Å². The van der Waals surface area contributed by atoms with E-state index in [-0.39, 0.29) is 18.6 Å². The number of aliphatic hydroxyl groups is 2. The zero-order chi connectivity index (χ0) is 22.0. The smallest absolute Gasteiger partial charge is 0.196 e. The van der Waals surface area contributed by atoms with Gasteiger partial charge in [0, 0.05) is 26.2 Å². The molecule has 0 radical (unpaired) electrons. The molecule has 0 saturated carbocycles. The van der Waals surface area contributed by atoms with Crippen molar-refractivity contribution in [1.29, 1.82) is 0 Å². The largest absolute Gasteiger partial charge is 0.457 e. The molecule has 5 nitrogen and oxygen atoms in total. The first-order chi connectivity index (χ1) is 14.9. The molecule has 31 heavy (non-hydrogen) atoms. The quantitative estimate of drug-likeness (QED) is 0.379. The van der Waals surface area contributed by atoms with Crippen molar-refractivity contribution in [1.82, 2.24) is 0 Å². The Labute approximate surface area is 182 Å². The molecule has 4 aromatic rings. The molecule has 3 aromatic carbocycles. The monoisotopic (exact) mass is 439 g/mol. The van der Waals surface area contributed by atoms with Gasteiger partial charge in [-0.15, -0.1) is 11.3 Å². The Bertz CT molecular complexity index is 1300. The molecular weight excluding hydrogens is 417 g/mol.